The van der Waals surface area contributed by atoms with Crippen LogP contribution in [0.15, 0.2) is 30.6 Å². The number of aliphatic hydroxyl groups excluding tert-OH is 2. The van der Waals surface area contributed by atoms with Crippen LogP contribution in [0.25, 0.3) is 11.0 Å². The number of H-pyrrole nitrogens is 2. The van der Waals surface area contributed by atoms with Gasteiger partial charge in [-0.3, -0.25) is 0 Å². The number of aliphatic carboxylic acids is 2. The van der Waals surface area contributed by atoms with Crippen LogP contribution in [0.1, 0.15) is 0 Å². The van der Waals surface area contributed by atoms with Gasteiger partial charge in [0, 0.05) is 0 Å². The molecule has 0 aliphatic heterocycles. The lowest BCUT2D eigenvalue weighted by molar-refractivity contribution is -0.344. The van der Waals surface area contributed by atoms with E-state index < -0.39 is 24.1 Å². The first-order valence-electron chi connectivity index (χ1n) is 5.17. The van der Waals surface area contributed by atoms with E-state index in [2.05, 4.69) is 9.97 Å². The Balaban J connectivity index is 0. The minimum absolute atomic E-state index is 0. The van der Waals surface area contributed by atoms with Gasteiger partial charge < -0.3 is 36.2 Å². The van der Waals surface area contributed by atoms with E-state index in [9.17, 15) is 14.7 Å². The Morgan fingerprint density at radius 3 is 2.14 bits per heavy atom. The Morgan fingerprint density at radius 1 is 1.14 bits per heavy atom. The van der Waals surface area contributed by atoms with Crippen LogP contribution in [0.2, 0.25) is 0 Å². The number of carboxylic acids is 2. The Morgan fingerprint density at radius 2 is 1.71 bits per heavy atom. The summed E-state index contributed by atoms with van der Waals surface area (Å²) >= 11 is 0. The van der Waals surface area contributed by atoms with Crippen LogP contribution in [0, 0.1) is 0 Å². The van der Waals surface area contributed by atoms with Crippen LogP contribution < -0.4 is 10.1 Å². The van der Waals surface area contributed by atoms with E-state index in [0.29, 0.717) is 0 Å². The largest absolute Gasteiger partial charge is 0.547 e. The molecular formula is C11H16N2O8. The van der Waals surface area contributed by atoms with Gasteiger partial charge in [-0.15, -0.1) is 0 Å². The van der Waals surface area contributed by atoms with Crippen LogP contribution in [0.4, 0.5) is 0 Å². The molecule has 2 aromatic rings. The normalized spacial score (nSPS) is 11.9. The monoisotopic (exact) mass is 304 g/mol. The maximum Gasteiger partial charge on any atom is 0.335 e. The molecule has 0 aliphatic rings. The summed E-state index contributed by atoms with van der Waals surface area (Å²) in [5, 5.41) is 34.1. The molecule has 0 unspecified atom stereocenters. The molecule has 9 N–H and O–H groups in total. The molecule has 1 aromatic heterocycles. The Labute approximate surface area is 117 Å². The number of imidazole rings is 1. The molecule has 1 aromatic carbocycles. The number of hydrogen-bond acceptors (Lipinski definition) is 5. The van der Waals surface area contributed by atoms with E-state index >= 15 is 0 Å². The molecule has 0 amide bonds. The fourth-order valence-electron chi connectivity index (χ4n) is 1.19. The molecule has 2 rings (SSSR count). The number of rotatable bonds is 3. The lowest BCUT2D eigenvalue weighted by atomic mass is 10.2. The summed E-state index contributed by atoms with van der Waals surface area (Å²) in [5.74, 6) is -3.83. The number of aromatic nitrogens is 2. The van der Waals surface area contributed by atoms with E-state index in [1.807, 2.05) is 30.6 Å². The van der Waals surface area contributed by atoms with Crippen molar-refractivity contribution in [3.8, 4) is 0 Å². The molecule has 0 radical (unpaired) electrons. The van der Waals surface area contributed by atoms with Gasteiger partial charge in [0.05, 0.1) is 5.97 Å². The van der Waals surface area contributed by atoms with Gasteiger partial charge in [0.25, 0.3) is 0 Å². The molecule has 10 heteroatoms. The average Bonchev–Trinajstić information content (AvgIpc) is 2.85. The van der Waals surface area contributed by atoms with Gasteiger partial charge in [0.15, 0.2) is 17.1 Å². The first kappa shape index (κ1) is 20.8. The van der Waals surface area contributed by atoms with Gasteiger partial charge in [-0.25, -0.2) is 14.8 Å². The summed E-state index contributed by atoms with van der Waals surface area (Å²) in [5.41, 5.74) is 2.30. The number of aliphatic hydroxyl groups is 2. The standard InChI is InChI=1S/C7H6N2.C4H6O6.2H2O/c1-2-4-7-6(3-1)8-5-9-7;5-1(3(7)8)2(6)4(9)10;;/h1-5H,(H,8,9);1-2,5-6H,(H,7,8)(H,9,10);2*1H2/t;1-,2-;;/m.1../s1. The highest BCUT2D eigenvalue weighted by Crippen LogP contribution is 2.01. The maximum absolute atomic E-state index is 9.74. The summed E-state index contributed by atoms with van der Waals surface area (Å²) < 4.78 is 0. The molecule has 0 saturated heterocycles. The number of carbonyl (C=O) groups is 2. The summed E-state index contributed by atoms with van der Waals surface area (Å²) in [6.07, 6.45) is -2.88. The second-order valence-electron chi connectivity index (χ2n) is 3.53. The SMILES string of the molecule is O.O.O=C([O-])[C@H](O)[C@@H](O)C(=O)O.c1ccc2[nH+]c[nH]c2c1. The molecular weight excluding hydrogens is 288 g/mol. The first-order valence-corrected chi connectivity index (χ1v) is 5.17. The third-order valence-electron chi connectivity index (χ3n) is 2.18. The fourth-order valence-corrected chi connectivity index (χ4v) is 1.19. The van der Waals surface area contributed by atoms with E-state index in [4.69, 9.17) is 15.3 Å². The number of aromatic amines is 2. The highest BCUT2D eigenvalue weighted by molar-refractivity contribution is 5.82. The Kier molecular flexibility index (Phi) is 9.29. The quantitative estimate of drug-likeness (QED) is 0.441. The van der Waals surface area contributed by atoms with Crippen molar-refractivity contribution in [1.82, 2.24) is 4.98 Å². The van der Waals surface area contributed by atoms with Crippen molar-refractivity contribution < 1.29 is 46.0 Å². The predicted molar refractivity (Wildman–Crippen MR) is 66.7 cm³/mol. The topological polar surface area (TPSA) is 211 Å². The van der Waals surface area contributed by atoms with Crippen LogP contribution in [0.3, 0.4) is 0 Å². The molecule has 0 fully saturated rings. The second-order valence-corrected chi connectivity index (χ2v) is 3.53. The van der Waals surface area contributed by atoms with E-state index in [0.717, 1.165) is 11.0 Å². The zero-order chi connectivity index (χ0) is 14.4. The van der Waals surface area contributed by atoms with Crippen molar-refractivity contribution >= 4 is 23.0 Å². The highest BCUT2D eigenvalue weighted by atomic mass is 16.4. The zero-order valence-corrected chi connectivity index (χ0v) is 10.6. The Bertz CT molecular complexity index is 522. The number of para-hydroxylation sites is 2. The smallest absolute Gasteiger partial charge is 0.335 e. The third kappa shape index (κ3) is 5.97. The summed E-state index contributed by atoms with van der Waals surface area (Å²) in [6, 6.07) is 8.08. The number of hydrogen-bond donors (Lipinski definition) is 4. The van der Waals surface area contributed by atoms with Crippen molar-refractivity contribution in [3.63, 3.8) is 0 Å². The van der Waals surface area contributed by atoms with Crippen molar-refractivity contribution in [3.05, 3.63) is 30.6 Å². The fraction of sp³-hybridized carbons (Fsp3) is 0.182. The van der Waals surface area contributed by atoms with E-state index in [1.165, 1.54) is 0 Å². The molecule has 2 atom stereocenters. The van der Waals surface area contributed by atoms with E-state index in [1.54, 1.807) is 0 Å². The third-order valence-corrected chi connectivity index (χ3v) is 2.18. The van der Waals surface area contributed by atoms with Gasteiger partial charge in [-0.2, -0.15) is 0 Å². The van der Waals surface area contributed by atoms with Crippen molar-refractivity contribution in [2.45, 2.75) is 12.2 Å². The number of nitrogens with one attached hydrogen (secondary N) is 2. The molecule has 0 aliphatic carbocycles. The van der Waals surface area contributed by atoms with Crippen molar-refractivity contribution in [1.29, 1.82) is 0 Å². The van der Waals surface area contributed by atoms with Gasteiger partial charge in [0.2, 0.25) is 6.33 Å². The van der Waals surface area contributed by atoms with Gasteiger partial charge in [-0.1, -0.05) is 12.1 Å². The first-order chi connectivity index (χ1) is 8.93. The zero-order valence-electron chi connectivity index (χ0n) is 10.6. The minimum atomic E-state index is -2.38. The van der Waals surface area contributed by atoms with Crippen LogP contribution in [-0.4, -0.2) is 55.4 Å². The minimum Gasteiger partial charge on any atom is -0.547 e. The lowest BCUT2D eigenvalue weighted by Gasteiger charge is -2.13. The number of carbonyl (C=O) groups excluding carboxylic acids is 1. The summed E-state index contributed by atoms with van der Waals surface area (Å²) in [4.78, 5) is 25.5. The van der Waals surface area contributed by atoms with Gasteiger partial charge >= 0.3 is 5.97 Å². The van der Waals surface area contributed by atoms with Crippen LogP contribution in [-0.2, 0) is 9.59 Å². The van der Waals surface area contributed by atoms with Crippen LogP contribution >= 0.6 is 0 Å². The maximum atomic E-state index is 9.74. The Hall–Kier alpha value is -2.53. The van der Waals surface area contributed by atoms with Gasteiger partial charge in [-0.05, 0) is 12.1 Å². The molecule has 10 nitrogen and oxygen atoms in total. The molecule has 0 saturated carbocycles. The molecule has 21 heavy (non-hydrogen) atoms. The number of fused-ring (bicyclic) bond motifs is 1. The van der Waals surface area contributed by atoms with Crippen LogP contribution in [0.5, 0.6) is 0 Å². The predicted octanol–water partition coefficient (Wildman–Crippen LogP) is -4.12. The van der Waals surface area contributed by atoms with Crippen molar-refractivity contribution in [2.75, 3.05) is 0 Å². The number of benzene rings is 1. The highest BCUT2D eigenvalue weighted by Gasteiger charge is 2.23. The van der Waals surface area contributed by atoms with Gasteiger partial charge in [0.1, 0.15) is 6.10 Å². The lowest BCUT2D eigenvalue weighted by Crippen LogP contribution is -2.46. The molecule has 0 spiro atoms. The molecule has 118 valence electrons. The molecule has 0 bridgehead atoms. The number of carboxylic acid groups (broad SMARTS) is 2. The second kappa shape index (κ2) is 9.39. The molecule has 1 heterocycles. The summed E-state index contributed by atoms with van der Waals surface area (Å²) in [7, 11) is 0. The average molecular weight is 304 g/mol. The summed E-state index contributed by atoms with van der Waals surface area (Å²) in [6.45, 7) is 0. The van der Waals surface area contributed by atoms with Crippen molar-refractivity contribution in [2.24, 2.45) is 0 Å². The van der Waals surface area contributed by atoms with E-state index in [-0.39, 0.29) is 11.0 Å².